The van der Waals surface area contributed by atoms with Crippen LogP contribution in [0.2, 0.25) is 0 Å². The Morgan fingerprint density at radius 2 is 1.64 bits per heavy atom. The molecule has 132 valence electrons. The van der Waals surface area contributed by atoms with E-state index in [0.717, 1.165) is 13.1 Å². The van der Waals surface area contributed by atoms with E-state index >= 15 is 0 Å². The molecule has 0 spiro atoms. The van der Waals surface area contributed by atoms with Crippen molar-refractivity contribution < 1.29 is 0 Å². The van der Waals surface area contributed by atoms with Gasteiger partial charge in [0.15, 0.2) is 0 Å². The molecule has 2 aromatic rings. The summed E-state index contributed by atoms with van der Waals surface area (Å²) in [6.07, 6.45) is 0. The van der Waals surface area contributed by atoms with E-state index in [1.54, 1.807) is 0 Å². The predicted octanol–water partition coefficient (Wildman–Crippen LogP) is 5.56. The average Bonchev–Trinajstić information content (AvgIpc) is 2.98. The van der Waals surface area contributed by atoms with Crippen molar-refractivity contribution in [2.75, 3.05) is 23.3 Å². The summed E-state index contributed by atoms with van der Waals surface area (Å²) in [6, 6.07) is 13.8. The monoisotopic (exact) mass is 334 g/mol. The molecular formula is C23H30N2. The van der Waals surface area contributed by atoms with Crippen molar-refractivity contribution in [3.63, 3.8) is 0 Å². The third-order valence-corrected chi connectivity index (χ3v) is 6.65. The molecule has 1 aliphatic heterocycles. The van der Waals surface area contributed by atoms with Gasteiger partial charge >= 0.3 is 0 Å². The second-order valence-electron chi connectivity index (χ2n) is 8.43. The molecule has 0 unspecified atom stereocenters. The van der Waals surface area contributed by atoms with Gasteiger partial charge in [-0.05, 0) is 67.5 Å². The van der Waals surface area contributed by atoms with E-state index in [9.17, 15) is 0 Å². The van der Waals surface area contributed by atoms with Crippen LogP contribution in [0.25, 0.3) is 0 Å². The van der Waals surface area contributed by atoms with E-state index in [1.807, 2.05) is 0 Å². The first-order valence-electron chi connectivity index (χ1n) is 9.62. The van der Waals surface area contributed by atoms with Crippen molar-refractivity contribution in [3.05, 3.63) is 58.7 Å². The second-order valence-corrected chi connectivity index (χ2v) is 8.43. The molecular weight excluding hydrogens is 304 g/mol. The van der Waals surface area contributed by atoms with Gasteiger partial charge < -0.3 is 10.2 Å². The Hall–Kier alpha value is -1.96. The summed E-state index contributed by atoms with van der Waals surface area (Å²) in [5, 5.41) is 3.94. The maximum absolute atomic E-state index is 3.94. The molecule has 0 radical (unpaired) electrons. The highest BCUT2D eigenvalue weighted by molar-refractivity contribution is 5.75. The number of aryl methyl sites for hydroxylation is 1. The molecule has 1 heterocycles. The first-order chi connectivity index (χ1) is 11.8. The molecule has 2 aromatic carbocycles. The summed E-state index contributed by atoms with van der Waals surface area (Å²) in [4.78, 5) is 2.46. The van der Waals surface area contributed by atoms with Crippen LogP contribution in [0.15, 0.2) is 36.4 Å². The van der Waals surface area contributed by atoms with Gasteiger partial charge in [0.05, 0.1) is 5.54 Å². The molecule has 0 saturated carbocycles. The van der Waals surface area contributed by atoms with Crippen molar-refractivity contribution >= 4 is 11.4 Å². The molecule has 1 N–H and O–H groups in total. The molecule has 2 atom stereocenters. The van der Waals surface area contributed by atoms with E-state index < -0.39 is 0 Å². The lowest BCUT2D eigenvalue weighted by atomic mass is 9.71. The zero-order chi connectivity index (χ0) is 18.0. The van der Waals surface area contributed by atoms with Crippen LogP contribution in [-0.2, 0) is 11.0 Å². The maximum Gasteiger partial charge on any atom is 0.0677 e. The fourth-order valence-corrected chi connectivity index (χ4v) is 5.59. The Bertz CT molecular complexity index is 832. The summed E-state index contributed by atoms with van der Waals surface area (Å²) < 4.78 is 0. The SMILES string of the molecule is CCN(CC)c1cc(C)c2c(c1)[C@H]1C(C)(C)c3ccccc3[C@@]1(C)N2. The van der Waals surface area contributed by atoms with Gasteiger partial charge in [-0.2, -0.15) is 0 Å². The highest BCUT2D eigenvalue weighted by Crippen LogP contribution is 2.64. The maximum atomic E-state index is 3.94. The minimum Gasteiger partial charge on any atom is -0.375 e. The number of fused-ring (bicyclic) bond motifs is 5. The van der Waals surface area contributed by atoms with Gasteiger partial charge in [0.1, 0.15) is 0 Å². The largest absolute Gasteiger partial charge is 0.375 e. The second kappa shape index (κ2) is 5.27. The van der Waals surface area contributed by atoms with E-state index in [4.69, 9.17) is 0 Å². The minimum absolute atomic E-state index is 0.0188. The van der Waals surface area contributed by atoms with Crippen LogP contribution in [0, 0.1) is 6.92 Å². The highest BCUT2D eigenvalue weighted by Gasteiger charge is 2.58. The number of nitrogens with zero attached hydrogens (tertiary/aromatic N) is 1. The minimum atomic E-state index is -0.0188. The third-order valence-electron chi connectivity index (χ3n) is 6.65. The van der Waals surface area contributed by atoms with Gasteiger partial charge in [0.2, 0.25) is 0 Å². The first-order valence-corrected chi connectivity index (χ1v) is 9.62. The van der Waals surface area contributed by atoms with Gasteiger partial charge in [0.25, 0.3) is 0 Å². The molecule has 2 heteroatoms. The van der Waals surface area contributed by atoms with Crippen molar-refractivity contribution in [1.82, 2.24) is 0 Å². The van der Waals surface area contributed by atoms with Crippen LogP contribution in [0.4, 0.5) is 11.4 Å². The molecule has 2 nitrogen and oxygen atoms in total. The summed E-state index contributed by atoms with van der Waals surface area (Å²) in [6.45, 7) is 16.1. The molecule has 0 aromatic heterocycles. The van der Waals surface area contributed by atoms with Gasteiger partial charge in [-0.15, -0.1) is 0 Å². The highest BCUT2D eigenvalue weighted by atomic mass is 15.1. The Balaban J connectivity index is 1.93. The summed E-state index contributed by atoms with van der Waals surface area (Å²) >= 11 is 0. The molecule has 0 bridgehead atoms. The van der Waals surface area contributed by atoms with Crippen LogP contribution in [0.3, 0.4) is 0 Å². The Morgan fingerprint density at radius 1 is 1.00 bits per heavy atom. The van der Waals surface area contributed by atoms with Crippen LogP contribution in [0.1, 0.15) is 62.8 Å². The molecule has 1 aliphatic carbocycles. The number of hydrogen-bond acceptors (Lipinski definition) is 2. The Kier molecular flexibility index (Phi) is 3.48. The lowest BCUT2D eigenvalue weighted by molar-refractivity contribution is 0.357. The Labute approximate surface area is 152 Å². The van der Waals surface area contributed by atoms with Gasteiger partial charge in [-0.25, -0.2) is 0 Å². The fraction of sp³-hybridized carbons (Fsp3) is 0.478. The summed E-state index contributed by atoms with van der Waals surface area (Å²) in [5.41, 5.74) is 8.63. The van der Waals surface area contributed by atoms with Crippen molar-refractivity contribution in [3.8, 4) is 0 Å². The van der Waals surface area contributed by atoms with Crippen LogP contribution in [0.5, 0.6) is 0 Å². The van der Waals surface area contributed by atoms with Gasteiger partial charge in [-0.1, -0.05) is 38.1 Å². The van der Waals surface area contributed by atoms with E-state index in [0.29, 0.717) is 5.92 Å². The first kappa shape index (κ1) is 16.5. The molecule has 25 heavy (non-hydrogen) atoms. The molecule has 0 saturated heterocycles. The zero-order valence-corrected chi connectivity index (χ0v) is 16.4. The number of nitrogens with one attached hydrogen (secondary N) is 1. The number of rotatable bonds is 3. The molecule has 2 aliphatic rings. The predicted molar refractivity (Wildman–Crippen MR) is 108 cm³/mol. The fourth-order valence-electron chi connectivity index (χ4n) is 5.59. The summed E-state index contributed by atoms with van der Waals surface area (Å²) in [7, 11) is 0. The Morgan fingerprint density at radius 3 is 2.28 bits per heavy atom. The number of anilines is 2. The van der Waals surface area contributed by atoms with E-state index in [1.165, 1.54) is 33.6 Å². The van der Waals surface area contributed by atoms with E-state index in [2.05, 4.69) is 88.2 Å². The quantitative estimate of drug-likeness (QED) is 0.791. The molecule has 0 amide bonds. The number of benzene rings is 2. The zero-order valence-electron chi connectivity index (χ0n) is 16.4. The molecule has 0 fully saturated rings. The summed E-state index contributed by atoms with van der Waals surface area (Å²) in [5.74, 6) is 0.460. The lowest BCUT2D eigenvalue weighted by Gasteiger charge is -2.33. The van der Waals surface area contributed by atoms with Crippen LogP contribution < -0.4 is 10.2 Å². The normalized spacial score (nSPS) is 25.1. The average molecular weight is 335 g/mol. The topological polar surface area (TPSA) is 15.3 Å². The van der Waals surface area contributed by atoms with Crippen molar-refractivity contribution in [1.29, 1.82) is 0 Å². The number of hydrogen-bond donors (Lipinski definition) is 1. The molecule has 4 rings (SSSR count). The van der Waals surface area contributed by atoms with Crippen molar-refractivity contribution in [2.45, 2.75) is 58.4 Å². The van der Waals surface area contributed by atoms with Crippen LogP contribution >= 0.6 is 0 Å². The van der Waals surface area contributed by atoms with Crippen LogP contribution in [-0.4, -0.2) is 13.1 Å². The third kappa shape index (κ3) is 2.03. The van der Waals surface area contributed by atoms with Crippen molar-refractivity contribution in [2.24, 2.45) is 0 Å². The van der Waals surface area contributed by atoms with E-state index in [-0.39, 0.29) is 11.0 Å². The van der Waals surface area contributed by atoms with Gasteiger partial charge in [-0.3, -0.25) is 0 Å². The smallest absolute Gasteiger partial charge is 0.0677 e. The standard InChI is InChI=1S/C23H30N2/c1-7-25(8-2)16-13-15(3)20-17(14-16)21-22(4,5)18-11-9-10-12-19(18)23(21,6)24-20/h9-14,21,24H,7-8H2,1-6H3/t21-,23+/m0/s1. The van der Waals surface area contributed by atoms with Gasteiger partial charge in [0, 0.05) is 30.4 Å². The lowest BCUT2D eigenvalue weighted by Crippen LogP contribution is -2.34.